The van der Waals surface area contributed by atoms with Gasteiger partial charge in [0.2, 0.25) is 0 Å². The van der Waals surface area contributed by atoms with Gasteiger partial charge in [-0.15, -0.1) is 0 Å². The normalized spacial score (nSPS) is 16.1. The zero-order valence-corrected chi connectivity index (χ0v) is 19.9. The lowest BCUT2D eigenvalue weighted by atomic mass is 10.1. The van der Waals surface area contributed by atoms with Crippen molar-refractivity contribution in [2.24, 2.45) is 0 Å². The lowest BCUT2D eigenvalue weighted by Gasteiger charge is -2.38. The summed E-state index contributed by atoms with van der Waals surface area (Å²) in [7, 11) is 1.76. The Morgan fingerprint density at radius 2 is 1.85 bits per heavy atom. The summed E-state index contributed by atoms with van der Waals surface area (Å²) >= 11 is 0. The summed E-state index contributed by atoms with van der Waals surface area (Å²) in [6, 6.07) is 17.5. The van der Waals surface area contributed by atoms with Crippen molar-refractivity contribution in [3.63, 3.8) is 0 Å². The molecule has 7 heteroatoms. The number of nitrogens with one attached hydrogen (secondary N) is 1. The van der Waals surface area contributed by atoms with Crippen molar-refractivity contribution in [3.8, 4) is 11.4 Å². The fourth-order valence-electron chi connectivity index (χ4n) is 4.37. The second kappa shape index (κ2) is 11.2. The van der Waals surface area contributed by atoms with Gasteiger partial charge in [-0.3, -0.25) is 0 Å². The largest absolute Gasteiger partial charge is 0.494 e. The molecule has 1 atom stereocenters. The monoisotopic (exact) mass is 449 g/mol. The van der Waals surface area contributed by atoms with E-state index in [0.29, 0.717) is 19.3 Å². The highest BCUT2D eigenvalue weighted by molar-refractivity contribution is 5.52. The van der Waals surface area contributed by atoms with Crippen molar-refractivity contribution in [2.75, 3.05) is 62.8 Å². The van der Waals surface area contributed by atoms with E-state index in [1.54, 1.807) is 7.11 Å². The van der Waals surface area contributed by atoms with E-state index in [9.17, 15) is 0 Å². The molecule has 2 heterocycles. The quantitative estimate of drug-likeness (QED) is 0.511. The third kappa shape index (κ3) is 5.86. The fraction of sp³-hybridized carbons (Fsp3) is 0.423. The molecule has 1 saturated heterocycles. The number of anilines is 2. The van der Waals surface area contributed by atoms with Crippen LogP contribution in [0, 0.1) is 6.92 Å². The molecular formula is C26H35N5O2. The summed E-state index contributed by atoms with van der Waals surface area (Å²) in [5, 5.41) is 3.71. The Labute approximate surface area is 196 Å². The van der Waals surface area contributed by atoms with Gasteiger partial charge in [-0.1, -0.05) is 0 Å². The average Bonchev–Trinajstić information content (AvgIpc) is 3.28. The number of ether oxygens (including phenoxy) is 2. The first-order chi connectivity index (χ1) is 16.2. The standard InChI is InChI=1S/C26H35N5O2/c1-4-33-26-11-9-24(10-12-26)29-15-13-28-22(19-29)20-30(17-18-32-3)23-5-7-25(8-6-23)31-16-14-27-21(31)2/h5-12,14,16,22,28H,4,13,15,17-20H2,1-3H3. The third-order valence-electron chi connectivity index (χ3n) is 6.09. The number of nitrogens with zero attached hydrogens (tertiary/aromatic N) is 4. The first kappa shape index (κ1) is 23.1. The van der Waals surface area contributed by atoms with Crippen LogP contribution >= 0.6 is 0 Å². The van der Waals surface area contributed by atoms with Crippen LogP contribution in [0.2, 0.25) is 0 Å². The zero-order valence-electron chi connectivity index (χ0n) is 19.9. The molecule has 33 heavy (non-hydrogen) atoms. The first-order valence-corrected chi connectivity index (χ1v) is 11.7. The summed E-state index contributed by atoms with van der Waals surface area (Å²) in [6.45, 7) is 10.1. The maximum absolute atomic E-state index is 5.59. The predicted octanol–water partition coefficient (Wildman–Crippen LogP) is 3.51. The Morgan fingerprint density at radius 3 is 2.52 bits per heavy atom. The van der Waals surface area contributed by atoms with Crippen LogP contribution in [0.3, 0.4) is 0 Å². The Kier molecular flexibility index (Phi) is 7.86. The van der Waals surface area contributed by atoms with E-state index in [2.05, 4.69) is 73.2 Å². The highest BCUT2D eigenvalue weighted by Gasteiger charge is 2.22. The van der Waals surface area contributed by atoms with Crippen molar-refractivity contribution in [1.82, 2.24) is 14.9 Å². The van der Waals surface area contributed by atoms with Gasteiger partial charge in [0, 0.05) is 75.3 Å². The minimum atomic E-state index is 0.359. The van der Waals surface area contributed by atoms with E-state index in [0.717, 1.165) is 50.0 Å². The SMILES string of the molecule is CCOc1ccc(N2CCNC(CN(CCOC)c3ccc(-n4ccnc4C)cc3)C2)cc1. The number of piperazine rings is 1. The van der Waals surface area contributed by atoms with Gasteiger partial charge in [0.05, 0.1) is 13.2 Å². The average molecular weight is 450 g/mol. The molecule has 1 fully saturated rings. The molecule has 1 unspecified atom stereocenters. The van der Waals surface area contributed by atoms with Crippen LogP contribution in [0.4, 0.5) is 11.4 Å². The highest BCUT2D eigenvalue weighted by Crippen LogP contribution is 2.22. The number of benzene rings is 2. The molecule has 3 aromatic rings. The zero-order chi connectivity index (χ0) is 23.0. The van der Waals surface area contributed by atoms with Crippen LogP contribution in [0.15, 0.2) is 60.9 Å². The van der Waals surface area contributed by atoms with Gasteiger partial charge < -0.3 is 29.2 Å². The number of rotatable bonds is 10. The van der Waals surface area contributed by atoms with Crippen molar-refractivity contribution < 1.29 is 9.47 Å². The number of hydrogen-bond donors (Lipinski definition) is 1. The summed E-state index contributed by atoms with van der Waals surface area (Å²) in [6.07, 6.45) is 3.83. The molecule has 1 aromatic heterocycles. The third-order valence-corrected chi connectivity index (χ3v) is 6.09. The Balaban J connectivity index is 1.43. The summed E-state index contributed by atoms with van der Waals surface area (Å²) in [5.41, 5.74) is 3.57. The molecule has 0 saturated carbocycles. The summed E-state index contributed by atoms with van der Waals surface area (Å²) < 4.78 is 13.1. The Bertz CT molecular complexity index is 987. The molecule has 0 radical (unpaired) electrons. The summed E-state index contributed by atoms with van der Waals surface area (Å²) in [4.78, 5) is 9.20. The number of methoxy groups -OCH3 is 1. The minimum Gasteiger partial charge on any atom is -0.494 e. The molecule has 1 aliphatic rings. The number of imidazole rings is 1. The fourth-order valence-corrected chi connectivity index (χ4v) is 4.37. The van der Waals surface area contributed by atoms with Crippen molar-refractivity contribution in [1.29, 1.82) is 0 Å². The van der Waals surface area contributed by atoms with Gasteiger partial charge in [0.15, 0.2) is 0 Å². The van der Waals surface area contributed by atoms with Crippen molar-refractivity contribution >= 4 is 11.4 Å². The number of hydrogen-bond acceptors (Lipinski definition) is 6. The molecule has 0 spiro atoms. The van der Waals surface area contributed by atoms with E-state index < -0.39 is 0 Å². The lowest BCUT2D eigenvalue weighted by molar-refractivity contribution is 0.204. The van der Waals surface area contributed by atoms with Crippen molar-refractivity contribution in [2.45, 2.75) is 19.9 Å². The molecule has 176 valence electrons. The van der Waals surface area contributed by atoms with Crippen LogP contribution in [0.1, 0.15) is 12.7 Å². The molecule has 1 N–H and O–H groups in total. The second-order valence-corrected chi connectivity index (χ2v) is 8.32. The van der Waals surface area contributed by atoms with Gasteiger partial charge in [0.25, 0.3) is 0 Å². The van der Waals surface area contributed by atoms with Gasteiger partial charge >= 0.3 is 0 Å². The molecule has 0 amide bonds. The Hall–Kier alpha value is -3.03. The molecule has 0 aliphatic carbocycles. The summed E-state index contributed by atoms with van der Waals surface area (Å²) in [5.74, 6) is 1.91. The van der Waals surface area contributed by atoms with Crippen LogP contribution in [0.5, 0.6) is 5.75 Å². The number of aromatic nitrogens is 2. The van der Waals surface area contributed by atoms with E-state index in [1.807, 2.05) is 26.2 Å². The van der Waals surface area contributed by atoms with Crippen molar-refractivity contribution in [3.05, 3.63) is 66.7 Å². The van der Waals surface area contributed by atoms with Crippen LogP contribution in [0.25, 0.3) is 5.69 Å². The van der Waals surface area contributed by atoms with Crippen LogP contribution in [-0.2, 0) is 4.74 Å². The van der Waals surface area contributed by atoms with Gasteiger partial charge in [-0.2, -0.15) is 0 Å². The lowest BCUT2D eigenvalue weighted by Crippen LogP contribution is -2.55. The van der Waals surface area contributed by atoms with Gasteiger partial charge in [-0.25, -0.2) is 4.98 Å². The predicted molar refractivity (Wildman–Crippen MR) is 134 cm³/mol. The van der Waals surface area contributed by atoms with Gasteiger partial charge in [0.1, 0.15) is 11.6 Å². The second-order valence-electron chi connectivity index (χ2n) is 8.32. The topological polar surface area (TPSA) is 54.8 Å². The molecule has 0 bridgehead atoms. The smallest absolute Gasteiger partial charge is 0.119 e. The molecule has 7 nitrogen and oxygen atoms in total. The van der Waals surface area contributed by atoms with E-state index in [1.165, 1.54) is 11.4 Å². The number of aryl methyl sites for hydroxylation is 1. The molecule has 2 aromatic carbocycles. The van der Waals surface area contributed by atoms with Gasteiger partial charge in [-0.05, 0) is 62.4 Å². The maximum atomic E-state index is 5.59. The van der Waals surface area contributed by atoms with Crippen LogP contribution < -0.4 is 19.9 Å². The van der Waals surface area contributed by atoms with Crippen LogP contribution in [-0.4, -0.2) is 68.6 Å². The maximum Gasteiger partial charge on any atom is 0.119 e. The molecular weight excluding hydrogens is 414 g/mol. The highest BCUT2D eigenvalue weighted by atomic mass is 16.5. The minimum absolute atomic E-state index is 0.359. The van der Waals surface area contributed by atoms with E-state index in [-0.39, 0.29) is 0 Å². The Morgan fingerprint density at radius 1 is 1.09 bits per heavy atom. The van der Waals surface area contributed by atoms with E-state index >= 15 is 0 Å². The molecule has 4 rings (SSSR count). The van der Waals surface area contributed by atoms with E-state index in [4.69, 9.17) is 9.47 Å². The first-order valence-electron chi connectivity index (χ1n) is 11.7. The molecule has 1 aliphatic heterocycles.